The van der Waals surface area contributed by atoms with Crippen LogP contribution in [0.3, 0.4) is 0 Å². The molecule has 3 aromatic heterocycles. The SMILES string of the molecule is CC1CN(c2ccc(Nc3cc4c(cn3)cnn4S(=O)(=O)c3cccc4cccnc34)cc2)CCN1. The lowest BCUT2D eigenvalue weighted by molar-refractivity contribution is 0.485. The molecule has 1 saturated heterocycles. The van der Waals surface area contributed by atoms with Crippen LogP contribution >= 0.6 is 0 Å². The minimum atomic E-state index is -3.98. The fraction of sp³-hybridized carbons (Fsp3) is 0.192. The summed E-state index contributed by atoms with van der Waals surface area (Å²) in [6.07, 6.45) is 4.71. The molecular formula is C26H25N7O2S. The van der Waals surface area contributed by atoms with E-state index in [2.05, 4.69) is 49.7 Å². The highest BCUT2D eigenvalue weighted by Crippen LogP contribution is 2.27. The summed E-state index contributed by atoms with van der Waals surface area (Å²) in [6, 6.07) is 19.0. The number of para-hydroxylation sites is 1. The first-order chi connectivity index (χ1) is 17.5. The first-order valence-electron chi connectivity index (χ1n) is 11.8. The lowest BCUT2D eigenvalue weighted by atomic mass is 10.2. The maximum Gasteiger partial charge on any atom is 0.285 e. The number of pyridine rings is 2. The summed E-state index contributed by atoms with van der Waals surface area (Å²) < 4.78 is 28.3. The number of hydrogen-bond acceptors (Lipinski definition) is 8. The number of hydrogen-bond donors (Lipinski definition) is 2. The minimum absolute atomic E-state index is 0.106. The van der Waals surface area contributed by atoms with Crippen LogP contribution in [0.5, 0.6) is 0 Å². The van der Waals surface area contributed by atoms with Crippen molar-refractivity contribution < 1.29 is 8.42 Å². The number of anilines is 3. The average Bonchev–Trinajstić information content (AvgIpc) is 3.33. The molecule has 1 unspecified atom stereocenters. The predicted molar refractivity (Wildman–Crippen MR) is 141 cm³/mol. The Balaban J connectivity index is 1.31. The Morgan fingerprint density at radius 2 is 1.83 bits per heavy atom. The maximum atomic E-state index is 13.6. The van der Waals surface area contributed by atoms with Gasteiger partial charge in [-0.1, -0.05) is 18.2 Å². The number of fused-ring (bicyclic) bond motifs is 2. The van der Waals surface area contributed by atoms with E-state index in [0.29, 0.717) is 28.3 Å². The van der Waals surface area contributed by atoms with Gasteiger partial charge in [0.1, 0.15) is 10.7 Å². The molecule has 1 aliphatic rings. The van der Waals surface area contributed by atoms with Gasteiger partial charge in [-0.05, 0) is 43.3 Å². The number of rotatable bonds is 5. The van der Waals surface area contributed by atoms with Crippen LogP contribution in [-0.2, 0) is 10.0 Å². The van der Waals surface area contributed by atoms with Gasteiger partial charge in [-0.3, -0.25) is 4.98 Å². The van der Waals surface area contributed by atoms with E-state index in [9.17, 15) is 8.42 Å². The van der Waals surface area contributed by atoms with Crippen LogP contribution in [0.2, 0.25) is 0 Å². The molecule has 4 heterocycles. The third kappa shape index (κ3) is 4.04. The molecule has 0 saturated carbocycles. The van der Waals surface area contributed by atoms with E-state index in [0.717, 1.165) is 34.8 Å². The Bertz CT molecular complexity index is 1660. The summed E-state index contributed by atoms with van der Waals surface area (Å²) in [4.78, 5) is 11.2. The fourth-order valence-electron chi connectivity index (χ4n) is 4.61. The predicted octanol–water partition coefficient (Wildman–Crippen LogP) is 3.76. The van der Waals surface area contributed by atoms with Gasteiger partial charge in [0, 0.05) is 66.3 Å². The van der Waals surface area contributed by atoms with Crippen molar-refractivity contribution in [3.8, 4) is 0 Å². The minimum Gasteiger partial charge on any atom is -0.369 e. The fourth-order valence-corrected chi connectivity index (χ4v) is 6.05. The first kappa shape index (κ1) is 22.4. The molecule has 182 valence electrons. The molecule has 0 radical (unpaired) electrons. The van der Waals surface area contributed by atoms with Gasteiger partial charge in [0.05, 0.1) is 17.2 Å². The van der Waals surface area contributed by atoms with E-state index in [1.54, 1.807) is 36.7 Å². The highest BCUT2D eigenvalue weighted by atomic mass is 32.2. The third-order valence-corrected chi connectivity index (χ3v) is 8.03. The molecule has 9 nitrogen and oxygen atoms in total. The van der Waals surface area contributed by atoms with E-state index < -0.39 is 10.0 Å². The second kappa shape index (κ2) is 8.89. The quantitative estimate of drug-likeness (QED) is 0.377. The van der Waals surface area contributed by atoms with E-state index in [1.807, 2.05) is 24.3 Å². The van der Waals surface area contributed by atoms with Crippen molar-refractivity contribution in [3.63, 3.8) is 0 Å². The largest absolute Gasteiger partial charge is 0.369 e. The number of nitrogens with one attached hydrogen (secondary N) is 2. The Kier molecular flexibility index (Phi) is 5.54. The molecule has 0 bridgehead atoms. The van der Waals surface area contributed by atoms with Crippen molar-refractivity contribution in [3.05, 3.63) is 79.3 Å². The van der Waals surface area contributed by atoms with Crippen LogP contribution < -0.4 is 15.5 Å². The molecule has 0 spiro atoms. The molecule has 1 aliphatic heterocycles. The number of piperazine rings is 1. The van der Waals surface area contributed by atoms with Crippen molar-refractivity contribution in [2.75, 3.05) is 29.9 Å². The molecule has 5 aromatic rings. The summed E-state index contributed by atoms with van der Waals surface area (Å²) in [7, 11) is -3.98. The molecule has 1 fully saturated rings. The summed E-state index contributed by atoms with van der Waals surface area (Å²) >= 11 is 0. The van der Waals surface area contributed by atoms with Gasteiger partial charge < -0.3 is 15.5 Å². The number of benzene rings is 2. The number of aromatic nitrogens is 4. The molecule has 2 N–H and O–H groups in total. The van der Waals surface area contributed by atoms with Gasteiger partial charge in [-0.25, -0.2) is 4.98 Å². The van der Waals surface area contributed by atoms with Crippen LogP contribution in [0.25, 0.3) is 21.8 Å². The van der Waals surface area contributed by atoms with Gasteiger partial charge in [0.15, 0.2) is 0 Å². The summed E-state index contributed by atoms with van der Waals surface area (Å²) in [6.45, 7) is 5.10. The lowest BCUT2D eigenvalue weighted by Crippen LogP contribution is -2.49. The zero-order chi connectivity index (χ0) is 24.7. The Labute approximate surface area is 208 Å². The second-order valence-electron chi connectivity index (χ2n) is 8.93. The summed E-state index contributed by atoms with van der Waals surface area (Å²) in [5, 5.41) is 12.3. The molecule has 6 rings (SSSR count). The molecule has 2 aromatic carbocycles. The topological polar surface area (TPSA) is 105 Å². The highest BCUT2D eigenvalue weighted by Gasteiger charge is 2.24. The summed E-state index contributed by atoms with van der Waals surface area (Å²) in [5.74, 6) is 0.527. The molecule has 36 heavy (non-hydrogen) atoms. The van der Waals surface area contributed by atoms with Gasteiger partial charge in [0.25, 0.3) is 10.0 Å². The average molecular weight is 500 g/mol. The highest BCUT2D eigenvalue weighted by molar-refractivity contribution is 7.90. The van der Waals surface area contributed by atoms with Gasteiger partial charge >= 0.3 is 0 Å². The van der Waals surface area contributed by atoms with Crippen LogP contribution in [0, 0.1) is 0 Å². The van der Waals surface area contributed by atoms with E-state index in [1.165, 1.54) is 11.9 Å². The van der Waals surface area contributed by atoms with Crippen LogP contribution in [0.1, 0.15) is 6.92 Å². The smallest absolute Gasteiger partial charge is 0.285 e. The summed E-state index contributed by atoms with van der Waals surface area (Å²) in [5.41, 5.74) is 2.88. The molecule has 10 heteroatoms. The van der Waals surface area contributed by atoms with Crippen molar-refractivity contribution in [1.82, 2.24) is 24.5 Å². The van der Waals surface area contributed by atoms with Crippen molar-refractivity contribution in [2.24, 2.45) is 0 Å². The van der Waals surface area contributed by atoms with Crippen molar-refractivity contribution >= 4 is 49.0 Å². The third-order valence-electron chi connectivity index (χ3n) is 6.39. The number of nitrogens with zero attached hydrogens (tertiary/aromatic N) is 5. The van der Waals surface area contributed by atoms with Crippen molar-refractivity contribution in [1.29, 1.82) is 0 Å². The van der Waals surface area contributed by atoms with Gasteiger partial charge in [-0.2, -0.15) is 17.6 Å². The monoisotopic (exact) mass is 499 g/mol. The van der Waals surface area contributed by atoms with E-state index >= 15 is 0 Å². The van der Waals surface area contributed by atoms with Crippen molar-refractivity contribution in [2.45, 2.75) is 17.9 Å². The van der Waals surface area contributed by atoms with Crippen LogP contribution in [0.15, 0.2) is 84.1 Å². The maximum absolute atomic E-state index is 13.6. The molecule has 1 atom stereocenters. The zero-order valence-electron chi connectivity index (χ0n) is 19.7. The molecule has 0 aliphatic carbocycles. The second-order valence-corrected chi connectivity index (χ2v) is 10.7. The van der Waals surface area contributed by atoms with E-state index in [-0.39, 0.29) is 4.90 Å². The first-order valence-corrected chi connectivity index (χ1v) is 13.2. The van der Waals surface area contributed by atoms with E-state index in [4.69, 9.17) is 0 Å². The van der Waals surface area contributed by atoms with Gasteiger partial charge in [-0.15, -0.1) is 0 Å². The van der Waals surface area contributed by atoms with Crippen LogP contribution in [-0.4, -0.2) is 53.2 Å². The molecular weight excluding hydrogens is 474 g/mol. The lowest BCUT2D eigenvalue weighted by Gasteiger charge is -2.33. The Morgan fingerprint density at radius 3 is 2.67 bits per heavy atom. The molecule has 0 amide bonds. The Hall–Kier alpha value is -4.02. The zero-order valence-corrected chi connectivity index (χ0v) is 20.5. The standard InChI is InChI=1S/C26H25N7O2S/c1-18-17-32(13-12-27-18)22-9-7-21(8-10-22)31-25-14-23-20(15-29-25)16-30-33(23)36(34,35)24-6-2-4-19-5-3-11-28-26(19)24/h2-11,14-16,18,27H,12-13,17H2,1H3,(H,29,31). The van der Waals surface area contributed by atoms with Gasteiger partial charge in [0.2, 0.25) is 0 Å². The normalized spacial score (nSPS) is 16.5. The van der Waals surface area contributed by atoms with Crippen LogP contribution in [0.4, 0.5) is 17.2 Å². The Morgan fingerprint density at radius 1 is 1.00 bits per heavy atom.